The smallest absolute Gasteiger partial charge is 0.0749 e. The number of allylic oxidation sites excluding steroid dienone is 2. The number of rotatable bonds is 6. The highest BCUT2D eigenvalue weighted by atomic mass is 35.5. The second kappa shape index (κ2) is 8.61. The molecule has 0 heterocycles. The first-order valence-electron chi connectivity index (χ1n) is 4.32. The lowest BCUT2D eigenvalue weighted by Crippen LogP contribution is -2.12. The molecular weight excluding hydrogens is 207 g/mol. The van der Waals surface area contributed by atoms with Crippen LogP contribution in [0.1, 0.15) is 13.8 Å². The summed E-state index contributed by atoms with van der Waals surface area (Å²) in [6, 6.07) is 0. The molecule has 2 atom stereocenters. The van der Waals surface area contributed by atoms with E-state index in [2.05, 4.69) is 0 Å². The van der Waals surface area contributed by atoms with Crippen LogP contribution >= 0.6 is 23.2 Å². The van der Waals surface area contributed by atoms with E-state index in [9.17, 15) is 0 Å². The zero-order chi connectivity index (χ0) is 10.1. The van der Waals surface area contributed by atoms with Crippen LogP contribution in [-0.2, 0) is 4.74 Å². The van der Waals surface area contributed by atoms with E-state index >= 15 is 0 Å². The molecule has 1 nitrogen and oxygen atoms in total. The van der Waals surface area contributed by atoms with Crippen LogP contribution in [-0.4, -0.2) is 24.0 Å². The van der Waals surface area contributed by atoms with Crippen LogP contribution in [0.4, 0.5) is 0 Å². The summed E-state index contributed by atoms with van der Waals surface area (Å²) in [7, 11) is 0. The minimum Gasteiger partial charge on any atom is -0.378 e. The molecule has 0 aliphatic rings. The molecule has 0 N–H and O–H groups in total. The first-order valence-corrected chi connectivity index (χ1v) is 5.19. The minimum absolute atomic E-state index is 0.0560. The van der Waals surface area contributed by atoms with E-state index in [0.29, 0.717) is 13.2 Å². The van der Waals surface area contributed by atoms with Gasteiger partial charge in [0, 0.05) is 0 Å². The molecule has 0 saturated heterocycles. The molecule has 2 unspecified atom stereocenters. The van der Waals surface area contributed by atoms with Gasteiger partial charge in [-0.15, -0.1) is 23.2 Å². The fourth-order valence-corrected chi connectivity index (χ4v) is 1.29. The molecule has 0 aromatic rings. The Labute approximate surface area is 90.4 Å². The van der Waals surface area contributed by atoms with E-state index in [0.717, 1.165) is 0 Å². The van der Waals surface area contributed by atoms with Gasteiger partial charge in [-0.1, -0.05) is 24.3 Å². The third-order valence-electron chi connectivity index (χ3n) is 1.36. The Morgan fingerprint density at radius 2 is 1.38 bits per heavy atom. The second-order valence-corrected chi connectivity index (χ2v) is 3.74. The third-order valence-corrected chi connectivity index (χ3v) is 1.90. The topological polar surface area (TPSA) is 9.23 Å². The maximum absolute atomic E-state index is 5.87. The van der Waals surface area contributed by atoms with Crippen LogP contribution in [0, 0.1) is 0 Å². The summed E-state index contributed by atoms with van der Waals surface area (Å²) in [4.78, 5) is 0. The van der Waals surface area contributed by atoms with Gasteiger partial charge in [0.25, 0.3) is 0 Å². The zero-order valence-corrected chi connectivity index (χ0v) is 9.55. The van der Waals surface area contributed by atoms with Gasteiger partial charge in [-0.3, -0.25) is 0 Å². The lowest BCUT2D eigenvalue weighted by Gasteiger charge is -2.07. The molecule has 0 aromatic carbocycles. The predicted octanol–water partition coefficient (Wildman–Crippen LogP) is 3.37. The number of halogens is 2. The molecular formula is C10H16Cl2O. The van der Waals surface area contributed by atoms with Crippen molar-refractivity contribution in [1.29, 1.82) is 0 Å². The Hall–Kier alpha value is 0.0200. The normalized spacial score (nSPS) is 16.9. The SMILES string of the molecule is CC=CC(Cl)COCC(Cl)C=CC. The summed E-state index contributed by atoms with van der Waals surface area (Å²) in [5, 5.41) is -0.112. The van der Waals surface area contributed by atoms with Crippen LogP contribution in [0.25, 0.3) is 0 Å². The molecule has 0 radical (unpaired) electrons. The van der Waals surface area contributed by atoms with Gasteiger partial charge >= 0.3 is 0 Å². The van der Waals surface area contributed by atoms with Crippen molar-refractivity contribution in [1.82, 2.24) is 0 Å². The van der Waals surface area contributed by atoms with Crippen molar-refractivity contribution in [2.75, 3.05) is 13.2 Å². The first-order chi connectivity index (χ1) is 6.20. The molecule has 0 bridgehead atoms. The largest absolute Gasteiger partial charge is 0.378 e. The Kier molecular flexibility index (Phi) is 8.62. The lowest BCUT2D eigenvalue weighted by molar-refractivity contribution is 0.147. The fourth-order valence-electron chi connectivity index (χ4n) is 0.822. The summed E-state index contributed by atoms with van der Waals surface area (Å²) in [6.45, 7) is 4.87. The molecule has 0 aliphatic heterocycles. The lowest BCUT2D eigenvalue weighted by atomic mass is 10.4. The number of hydrogen-bond donors (Lipinski definition) is 0. The summed E-state index contributed by atoms with van der Waals surface area (Å²) in [5.74, 6) is 0. The highest BCUT2D eigenvalue weighted by Crippen LogP contribution is 2.02. The van der Waals surface area contributed by atoms with Gasteiger partial charge in [-0.25, -0.2) is 0 Å². The Morgan fingerprint density at radius 1 is 1.00 bits per heavy atom. The van der Waals surface area contributed by atoms with Gasteiger partial charge in [-0.2, -0.15) is 0 Å². The van der Waals surface area contributed by atoms with E-state index in [1.807, 2.05) is 38.2 Å². The molecule has 13 heavy (non-hydrogen) atoms. The van der Waals surface area contributed by atoms with E-state index < -0.39 is 0 Å². The standard InChI is InChI=1S/C10H16Cl2O/c1-3-5-9(11)7-13-8-10(12)6-4-2/h3-6,9-10H,7-8H2,1-2H3. The highest BCUT2D eigenvalue weighted by molar-refractivity contribution is 6.22. The van der Waals surface area contributed by atoms with Crippen LogP contribution in [0.3, 0.4) is 0 Å². The van der Waals surface area contributed by atoms with E-state index in [-0.39, 0.29) is 10.8 Å². The zero-order valence-electron chi connectivity index (χ0n) is 8.04. The van der Waals surface area contributed by atoms with Crippen molar-refractivity contribution in [3.05, 3.63) is 24.3 Å². The summed E-state index contributed by atoms with van der Waals surface area (Å²) in [6.07, 6.45) is 7.59. The average molecular weight is 223 g/mol. The Balaban J connectivity index is 3.44. The fraction of sp³-hybridized carbons (Fsp3) is 0.600. The molecule has 0 fully saturated rings. The summed E-state index contributed by atoms with van der Waals surface area (Å²) in [5.41, 5.74) is 0. The predicted molar refractivity (Wildman–Crippen MR) is 59.7 cm³/mol. The maximum atomic E-state index is 5.87. The minimum atomic E-state index is -0.0560. The van der Waals surface area contributed by atoms with Crippen LogP contribution in [0.15, 0.2) is 24.3 Å². The molecule has 3 heteroatoms. The van der Waals surface area contributed by atoms with Gasteiger partial charge < -0.3 is 4.74 Å². The summed E-state index contributed by atoms with van der Waals surface area (Å²) < 4.78 is 5.30. The maximum Gasteiger partial charge on any atom is 0.0749 e. The molecule has 0 rings (SSSR count). The van der Waals surface area contributed by atoms with Gasteiger partial charge in [-0.05, 0) is 13.8 Å². The molecule has 0 saturated carbocycles. The third kappa shape index (κ3) is 8.35. The van der Waals surface area contributed by atoms with Crippen LogP contribution in [0.5, 0.6) is 0 Å². The monoisotopic (exact) mass is 222 g/mol. The molecule has 0 spiro atoms. The van der Waals surface area contributed by atoms with Gasteiger partial charge in [0.05, 0.1) is 24.0 Å². The van der Waals surface area contributed by atoms with E-state index in [1.165, 1.54) is 0 Å². The van der Waals surface area contributed by atoms with E-state index in [4.69, 9.17) is 27.9 Å². The van der Waals surface area contributed by atoms with Crippen LogP contribution in [0.2, 0.25) is 0 Å². The molecule has 0 amide bonds. The van der Waals surface area contributed by atoms with Crippen molar-refractivity contribution in [3.63, 3.8) is 0 Å². The number of hydrogen-bond acceptors (Lipinski definition) is 1. The van der Waals surface area contributed by atoms with Crippen molar-refractivity contribution in [2.45, 2.75) is 24.6 Å². The molecule has 76 valence electrons. The van der Waals surface area contributed by atoms with E-state index in [1.54, 1.807) is 0 Å². The van der Waals surface area contributed by atoms with Crippen molar-refractivity contribution in [2.24, 2.45) is 0 Å². The van der Waals surface area contributed by atoms with Gasteiger partial charge in [0.15, 0.2) is 0 Å². The van der Waals surface area contributed by atoms with Crippen molar-refractivity contribution < 1.29 is 4.74 Å². The average Bonchev–Trinajstić information content (AvgIpc) is 2.05. The van der Waals surface area contributed by atoms with Gasteiger partial charge in [0.2, 0.25) is 0 Å². The van der Waals surface area contributed by atoms with Gasteiger partial charge in [0.1, 0.15) is 0 Å². The van der Waals surface area contributed by atoms with Crippen molar-refractivity contribution in [3.8, 4) is 0 Å². The first kappa shape index (κ1) is 13.0. The number of ether oxygens (including phenoxy) is 1. The summed E-state index contributed by atoms with van der Waals surface area (Å²) >= 11 is 11.7. The van der Waals surface area contributed by atoms with Crippen LogP contribution < -0.4 is 0 Å². The molecule has 0 aromatic heterocycles. The Bertz CT molecular complexity index is 148. The molecule has 0 aliphatic carbocycles. The Morgan fingerprint density at radius 3 is 1.69 bits per heavy atom. The quantitative estimate of drug-likeness (QED) is 0.495. The van der Waals surface area contributed by atoms with Crippen molar-refractivity contribution >= 4 is 23.2 Å². The number of alkyl halides is 2. The second-order valence-electron chi connectivity index (χ2n) is 2.62. The highest BCUT2D eigenvalue weighted by Gasteiger charge is 2.02.